The molecule has 1 heterocycles. The molecule has 1 aromatic heterocycles. The first-order valence-corrected chi connectivity index (χ1v) is 8.33. The molecule has 0 saturated heterocycles. The third kappa shape index (κ3) is 3.17. The molecule has 0 atom stereocenters. The Morgan fingerprint density at radius 3 is 1.96 bits per heavy atom. The summed E-state index contributed by atoms with van der Waals surface area (Å²) in [5, 5.41) is 5.84. The first kappa shape index (κ1) is 15.4. The van der Waals surface area contributed by atoms with Gasteiger partial charge in [-0.2, -0.15) is 0 Å². The molecule has 3 nitrogen and oxygen atoms in total. The Bertz CT molecular complexity index is 757. The summed E-state index contributed by atoms with van der Waals surface area (Å²) in [6.45, 7) is 3.92. The Balaban J connectivity index is 2.01. The van der Waals surface area contributed by atoms with Crippen LogP contribution >= 0.6 is 11.3 Å². The van der Waals surface area contributed by atoms with E-state index in [1.807, 2.05) is 74.5 Å². The molecule has 0 aliphatic carbocycles. The standard InChI is InChI=1S/C19H18N2OS/c1-14-20-17(13-23-14)18(22)21-19(2,15-9-5-3-6-10-15)16-11-7-4-8-12-16/h3-13H,1-2H3,(H,21,22). The second-order valence-corrected chi connectivity index (χ2v) is 6.63. The molecule has 116 valence electrons. The molecule has 1 N–H and O–H groups in total. The summed E-state index contributed by atoms with van der Waals surface area (Å²) in [5.41, 5.74) is 1.92. The summed E-state index contributed by atoms with van der Waals surface area (Å²) in [6, 6.07) is 20.0. The van der Waals surface area contributed by atoms with Crippen LogP contribution in [0.1, 0.15) is 33.5 Å². The van der Waals surface area contributed by atoms with E-state index >= 15 is 0 Å². The lowest BCUT2D eigenvalue weighted by molar-refractivity contribution is 0.0914. The lowest BCUT2D eigenvalue weighted by Crippen LogP contribution is -2.44. The molecule has 0 bridgehead atoms. The highest BCUT2D eigenvalue weighted by Crippen LogP contribution is 2.29. The maximum Gasteiger partial charge on any atom is 0.271 e. The summed E-state index contributed by atoms with van der Waals surface area (Å²) >= 11 is 1.48. The van der Waals surface area contributed by atoms with Gasteiger partial charge < -0.3 is 5.32 Å². The van der Waals surface area contributed by atoms with Crippen LogP contribution in [0.4, 0.5) is 0 Å². The largest absolute Gasteiger partial charge is 0.337 e. The van der Waals surface area contributed by atoms with Gasteiger partial charge in [0.2, 0.25) is 0 Å². The number of amides is 1. The Kier molecular flexibility index (Phi) is 4.26. The highest BCUT2D eigenvalue weighted by Gasteiger charge is 2.31. The summed E-state index contributed by atoms with van der Waals surface area (Å²) in [7, 11) is 0. The predicted octanol–water partition coefficient (Wildman–Crippen LogP) is 4.15. The molecule has 1 amide bonds. The van der Waals surface area contributed by atoms with Gasteiger partial charge in [0.15, 0.2) is 0 Å². The van der Waals surface area contributed by atoms with E-state index in [2.05, 4.69) is 10.3 Å². The number of aryl methyl sites for hydroxylation is 1. The second kappa shape index (κ2) is 6.34. The van der Waals surface area contributed by atoms with E-state index in [1.165, 1.54) is 11.3 Å². The van der Waals surface area contributed by atoms with Crippen LogP contribution in [-0.4, -0.2) is 10.9 Å². The van der Waals surface area contributed by atoms with Gasteiger partial charge in [0.1, 0.15) is 5.69 Å². The van der Waals surface area contributed by atoms with Crippen LogP contribution in [0.5, 0.6) is 0 Å². The normalized spacial score (nSPS) is 11.2. The fraction of sp³-hybridized carbons (Fsp3) is 0.158. The van der Waals surface area contributed by atoms with Crippen LogP contribution < -0.4 is 5.32 Å². The number of nitrogens with one attached hydrogen (secondary N) is 1. The summed E-state index contributed by atoms with van der Waals surface area (Å²) in [6.07, 6.45) is 0. The van der Waals surface area contributed by atoms with Crippen molar-refractivity contribution in [3.63, 3.8) is 0 Å². The van der Waals surface area contributed by atoms with Crippen LogP contribution in [0.3, 0.4) is 0 Å². The lowest BCUT2D eigenvalue weighted by atomic mass is 9.84. The Labute approximate surface area is 140 Å². The van der Waals surface area contributed by atoms with Crippen LogP contribution in [0.2, 0.25) is 0 Å². The van der Waals surface area contributed by atoms with Gasteiger partial charge in [-0.1, -0.05) is 60.7 Å². The molecule has 0 aliphatic heterocycles. The first-order valence-electron chi connectivity index (χ1n) is 7.45. The van der Waals surface area contributed by atoms with Gasteiger partial charge in [0.25, 0.3) is 5.91 Å². The molecule has 4 heteroatoms. The number of hydrogen-bond acceptors (Lipinski definition) is 3. The molecule has 0 aliphatic rings. The fourth-order valence-electron chi connectivity index (χ4n) is 2.61. The minimum atomic E-state index is -0.614. The SMILES string of the molecule is Cc1nc(C(=O)NC(C)(c2ccccc2)c2ccccc2)cs1. The van der Waals surface area contributed by atoms with Crippen molar-refractivity contribution in [1.82, 2.24) is 10.3 Å². The van der Waals surface area contributed by atoms with Crippen molar-refractivity contribution in [3.8, 4) is 0 Å². The number of carbonyl (C=O) groups excluding carboxylic acids is 1. The van der Waals surface area contributed by atoms with Crippen molar-refractivity contribution in [2.75, 3.05) is 0 Å². The van der Waals surface area contributed by atoms with Crippen LogP contribution in [-0.2, 0) is 5.54 Å². The quantitative estimate of drug-likeness (QED) is 0.784. The Hall–Kier alpha value is -2.46. The van der Waals surface area contributed by atoms with E-state index in [9.17, 15) is 4.79 Å². The van der Waals surface area contributed by atoms with Gasteiger partial charge in [0.05, 0.1) is 10.5 Å². The number of thiazole rings is 1. The minimum Gasteiger partial charge on any atom is -0.337 e. The topological polar surface area (TPSA) is 42.0 Å². The molecule has 3 aromatic rings. The van der Waals surface area contributed by atoms with Gasteiger partial charge in [-0.3, -0.25) is 4.79 Å². The third-order valence-corrected chi connectivity index (χ3v) is 4.69. The number of hydrogen-bond donors (Lipinski definition) is 1. The van der Waals surface area contributed by atoms with E-state index in [4.69, 9.17) is 0 Å². The second-order valence-electron chi connectivity index (χ2n) is 5.56. The predicted molar refractivity (Wildman–Crippen MR) is 93.7 cm³/mol. The summed E-state index contributed by atoms with van der Waals surface area (Å²) < 4.78 is 0. The number of carbonyl (C=O) groups is 1. The van der Waals surface area contributed by atoms with Crippen LogP contribution in [0.25, 0.3) is 0 Å². The zero-order valence-corrected chi connectivity index (χ0v) is 13.9. The van der Waals surface area contributed by atoms with Crippen molar-refractivity contribution in [2.24, 2.45) is 0 Å². The maximum absolute atomic E-state index is 12.7. The Morgan fingerprint density at radius 2 is 1.52 bits per heavy atom. The monoisotopic (exact) mass is 322 g/mol. The molecule has 2 aromatic carbocycles. The molecule has 0 fully saturated rings. The lowest BCUT2D eigenvalue weighted by Gasteiger charge is -2.32. The van der Waals surface area contributed by atoms with Gasteiger partial charge >= 0.3 is 0 Å². The zero-order chi connectivity index (χ0) is 16.3. The van der Waals surface area contributed by atoms with Gasteiger partial charge in [-0.05, 0) is 25.0 Å². The minimum absolute atomic E-state index is 0.162. The fourth-order valence-corrected chi connectivity index (χ4v) is 3.21. The number of rotatable bonds is 4. The van der Waals surface area contributed by atoms with Crippen molar-refractivity contribution < 1.29 is 4.79 Å². The van der Waals surface area contributed by atoms with E-state index in [0.29, 0.717) is 5.69 Å². The highest BCUT2D eigenvalue weighted by molar-refractivity contribution is 7.09. The van der Waals surface area contributed by atoms with Crippen molar-refractivity contribution in [1.29, 1.82) is 0 Å². The van der Waals surface area contributed by atoms with Crippen molar-refractivity contribution in [3.05, 3.63) is 87.9 Å². The van der Waals surface area contributed by atoms with Crippen LogP contribution in [0, 0.1) is 6.92 Å². The number of nitrogens with zero attached hydrogens (tertiary/aromatic N) is 1. The number of benzene rings is 2. The molecule has 3 rings (SSSR count). The highest BCUT2D eigenvalue weighted by atomic mass is 32.1. The molecule has 0 unspecified atom stereocenters. The van der Waals surface area contributed by atoms with Gasteiger partial charge in [0, 0.05) is 5.38 Å². The maximum atomic E-state index is 12.7. The van der Waals surface area contributed by atoms with Crippen LogP contribution in [0.15, 0.2) is 66.0 Å². The molecule has 0 radical (unpaired) electrons. The van der Waals surface area contributed by atoms with E-state index in [-0.39, 0.29) is 5.91 Å². The van der Waals surface area contributed by atoms with E-state index in [1.54, 1.807) is 5.38 Å². The van der Waals surface area contributed by atoms with E-state index in [0.717, 1.165) is 16.1 Å². The number of aromatic nitrogens is 1. The molecule has 0 saturated carbocycles. The summed E-state index contributed by atoms with van der Waals surface area (Å²) in [4.78, 5) is 16.9. The van der Waals surface area contributed by atoms with Gasteiger partial charge in [-0.15, -0.1) is 11.3 Å². The van der Waals surface area contributed by atoms with E-state index < -0.39 is 5.54 Å². The smallest absolute Gasteiger partial charge is 0.271 e. The average Bonchev–Trinajstić information content (AvgIpc) is 3.03. The van der Waals surface area contributed by atoms with Gasteiger partial charge in [-0.25, -0.2) is 4.98 Å². The molecule has 0 spiro atoms. The third-order valence-electron chi connectivity index (χ3n) is 3.92. The average molecular weight is 322 g/mol. The van der Waals surface area contributed by atoms with Crippen molar-refractivity contribution in [2.45, 2.75) is 19.4 Å². The first-order chi connectivity index (χ1) is 11.1. The Morgan fingerprint density at radius 1 is 1.00 bits per heavy atom. The van der Waals surface area contributed by atoms with Crippen molar-refractivity contribution >= 4 is 17.2 Å². The molecular weight excluding hydrogens is 304 g/mol. The summed E-state index contributed by atoms with van der Waals surface area (Å²) in [5.74, 6) is -0.162. The molecular formula is C19H18N2OS. The molecule has 23 heavy (non-hydrogen) atoms. The zero-order valence-electron chi connectivity index (χ0n) is 13.1.